The standard InChI is InChI=1S/C10H11ClN4O2S/c11-9-2-1-7(12)5-10(9)18(16,17)14-6-8-3-4-13-15-8/h1-5,14H,6,12H2,(H,13,15). The van der Waals surface area contributed by atoms with E-state index in [1.807, 2.05) is 0 Å². The zero-order valence-corrected chi connectivity index (χ0v) is 10.8. The van der Waals surface area contributed by atoms with Gasteiger partial charge >= 0.3 is 0 Å². The van der Waals surface area contributed by atoms with Gasteiger partial charge in [0.05, 0.1) is 17.3 Å². The molecule has 8 heteroatoms. The van der Waals surface area contributed by atoms with Gasteiger partial charge in [-0.1, -0.05) is 11.6 Å². The number of aromatic nitrogens is 2. The van der Waals surface area contributed by atoms with Crippen molar-refractivity contribution in [1.82, 2.24) is 14.9 Å². The van der Waals surface area contributed by atoms with Crippen LogP contribution in [0.5, 0.6) is 0 Å². The molecule has 0 unspecified atom stereocenters. The highest BCUT2D eigenvalue weighted by Gasteiger charge is 2.18. The molecule has 1 heterocycles. The lowest BCUT2D eigenvalue weighted by Crippen LogP contribution is -2.23. The van der Waals surface area contributed by atoms with Crippen molar-refractivity contribution < 1.29 is 8.42 Å². The number of nitrogens with two attached hydrogens (primary N) is 1. The van der Waals surface area contributed by atoms with E-state index in [1.54, 1.807) is 6.07 Å². The Morgan fingerprint density at radius 3 is 2.83 bits per heavy atom. The number of nitrogens with zero attached hydrogens (tertiary/aromatic N) is 1. The quantitative estimate of drug-likeness (QED) is 0.733. The maximum Gasteiger partial charge on any atom is 0.242 e. The lowest BCUT2D eigenvalue weighted by Gasteiger charge is -2.08. The Bertz CT molecular complexity index is 640. The Labute approximate surface area is 109 Å². The third kappa shape index (κ3) is 2.81. The van der Waals surface area contributed by atoms with E-state index in [-0.39, 0.29) is 16.5 Å². The minimum Gasteiger partial charge on any atom is -0.399 e. The van der Waals surface area contributed by atoms with Crippen LogP contribution in [0.1, 0.15) is 5.69 Å². The summed E-state index contributed by atoms with van der Waals surface area (Å²) in [5.74, 6) is 0. The summed E-state index contributed by atoms with van der Waals surface area (Å²) in [5.41, 5.74) is 6.53. The van der Waals surface area contributed by atoms with Gasteiger partial charge in [0.1, 0.15) is 4.90 Å². The Morgan fingerprint density at radius 1 is 1.39 bits per heavy atom. The average Bonchev–Trinajstić information content (AvgIpc) is 2.83. The van der Waals surface area contributed by atoms with Crippen molar-refractivity contribution in [1.29, 1.82) is 0 Å². The van der Waals surface area contributed by atoms with E-state index in [4.69, 9.17) is 17.3 Å². The van der Waals surface area contributed by atoms with Crippen molar-refractivity contribution in [2.24, 2.45) is 0 Å². The molecule has 0 saturated heterocycles. The topological polar surface area (TPSA) is 101 Å². The molecule has 0 aliphatic carbocycles. The second-order valence-corrected chi connectivity index (χ2v) is 5.74. The van der Waals surface area contributed by atoms with E-state index in [2.05, 4.69) is 14.9 Å². The maximum atomic E-state index is 12.0. The molecule has 4 N–H and O–H groups in total. The van der Waals surface area contributed by atoms with Crippen molar-refractivity contribution in [2.75, 3.05) is 5.73 Å². The van der Waals surface area contributed by atoms with E-state index in [0.29, 0.717) is 11.4 Å². The summed E-state index contributed by atoms with van der Waals surface area (Å²) in [5, 5.41) is 6.50. The van der Waals surface area contributed by atoms with E-state index >= 15 is 0 Å². The first-order chi connectivity index (χ1) is 8.49. The van der Waals surface area contributed by atoms with E-state index in [1.165, 1.54) is 24.4 Å². The molecule has 0 fully saturated rings. The van der Waals surface area contributed by atoms with Crippen LogP contribution < -0.4 is 10.5 Å². The third-order valence-electron chi connectivity index (χ3n) is 2.26. The number of hydrogen-bond acceptors (Lipinski definition) is 4. The Hall–Kier alpha value is -1.57. The first-order valence-corrected chi connectivity index (χ1v) is 6.88. The predicted octanol–water partition coefficient (Wildman–Crippen LogP) is 1.12. The van der Waals surface area contributed by atoms with Crippen LogP contribution in [0.25, 0.3) is 0 Å². The predicted molar refractivity (Wildman–Crippen MR) is 68.5 cm³/mol. The van der Waals surface area contributed by atoms with E-state index in [9.17, 15) is 8.42 Å². The van der Waals surface area contributed by atoms with Crippen LogP contribution in [0.2, 0.25) is 5.02 Å². The van der Waals surface area contributed by atoms with Crippen LogP contribution in [0.3, 0.4) is 0 Å². The van der Waals surface area contributed by atoms with Crippen LogP contribution in [0.4, 0.5) is 5.69 Å². The number of sulfonamides is 1. The SMILES string of the molecule is Nc1ccc(Cl)c(S(=O)(=O)NCc2ccn[nH]2)c1. The van der Waals surface area contributed by atoms with E-state index < -0.39 is 10.0 Å². The molecular weight excluding hydrogens is 276 g/mol. The molecule has 2 rings (SSSR count). The van der Waals surface area contributed by atoms with Gasteiger partial charge in [0, 0.05) is 11.9 Å². The number of halogens is 1. The van der Waals surface area contributed by atoms with Crippen LogP contribution >= 0.6 is 11.6 Å². The molecular formula is C10H11ClN4O2S. The lowest BCUT2D eigenvalue weighted by molar-refractivity contribution is 0.580. The lowest BCUT2D eigenvalue weighted by atomic mass is 10.3. The van der Waals surface area contributed by atoms with Gasteiger partial charge in [-0.2, -0.15) is 5.10 Å². The van der Waals surface area contributed by atoms with Crippen molar-refractivity contribution in [2.45, 2.75) is 11.4 Å². The molecule has 0 aliphatic heterocycles. The van der Waals surface area contributed by atoms with Gasteiger partial charge in [0.15, 0.2) is 0 Å². The zero-order valence-electron chi connectivity index (χ0n) is 9.22. The maximum absolute atomic E-state index is 12.0. The molecule has 18 heavy (non-hydrogen) atoms. The molecule has 0 radical (unpaired) electrons. The number of nitrogen functional groups attached to an aromatic ring is 1. The molecule has 0 atom stereocenters. The highest BCUT2D eigenvalue weighted by molar-refractivity contribution is 7.89. The molecule has 1 aromatic carbocycles. The average molecular weight is 287 g/mol. The van der Waals surface area contributed by atoms with Crippen molar-refractivity contribution in [3.8, 4) is 0 Å². The molecule has 0 bridgehead atoms. The molecule has 0 saturated carbocycles. The third-order valence-corrected chi connectivity index (χ3v) is 4.14. The highest BCUT2D eigenvalue weighted by Crippen LogP contribution is 2.23. The summed E-state index contributed by atoms with van der Waals surface area (Å²) in [7, 11) is -3.70. The fourth-order valence-corrected chi connectivity index (χ4v) is 2.90. The fraction of sp³-hybridized carbons (Fsp3) is 0.100. The molecule has 0 amide bonds. The first kappa shape index (κ1) is 12.9. The number of hydrogen-bond donors (Lipinski definition) is 3. The Balaban J connectivity index is 2.22. The summed E-state index contributed by atoms with van der Waals surface area (Å²) < 4.78 is 26.4. The smallest absolute Gasteiger partial charge is 0.242 e. The number of anilines is 1. The summed E-state index contributed by atoms with van der Waals surface area (Å²) >= 11 is 5.85. The van der Waals surface area contributed by atoms with Crippen LogP contribution in [0, 0.1) is 0 Å². The monoisotopic (exact) mass is 286 g/mol. The number of nitrogens with one attached hydrogen (secondary N) is 2. The summed E-state index contributed by atoms with van der Waals surface area (Å²) in [6, 6.07) is 5.97. The Morgan fingerprint density at radius 2 is 2.17 bits per heavy atom. The number of benzene rings is 1. The van der Waals surface area contributed by atoms with Gasteiger partial charge in [-0.3, -0.25) is 5.10 Å². The summed E-state index contributed by atoms with van der Waals surface area (Å²) in [6.07, 6.45) is 1.54. The van der Waals surface area contributed by atoms with Gasteiger partial charge < -0.3 is 5.73 Å². The largest absolute Gasteiger partial charge is 0.399 e. The fourth-order valence-electron chi connectivity index (χ4n) is 1.36. The van der Waals surface area contributed by atoms with Crippen molar-refractivity contribution in [3.05, 3.63) is 41.2 Å². The molecule has 2 aromatic rings. The van der Waals surface area contributed by atoms with Gasteiger partial charge in [-0.05, 0) is 24.3 Å². The van der Waals surface area contributed by atoms with Gasteiger partial charge in [0.25, 0.3) is 0 Å². The van der Waals surface area contributed by atoms with Gasteiger partial charge in [-0.25, -0.2) is 13.1 Å². The van der Waals surface area contributed by atoms with Crippen molar-refractivity contribution >= 4 is 27.3 Å². The normalized spacial score (nSPS) is 11.6. The minimum atomic E-state index is -3.70. The number of aromatic amines is 1. The molecule has 0 aliphatic rings. The second kappa shape index (κ2) is 4.97. The minimum absolute atomic E-state index is 0.0383. The van der Waals surface area contributed by atoms with Crippen LogP contribution in [-0.2, 0) is 16.6 Å². The summed E-state index contributed by atoms with van der Waals surface area (Å²) in [4.78, 5) is -0.0383. The first-order valence-electron chi connectivity index (χ1n) is 5.02. The highest BCUT2D eigenvalue weighted by atomic mass is 35.5. The van der Waals surface area contributed by atoms with Gasteiger partial charge in [0.2, 0.25) is 10.0 Å². The van der Waals surface area contributed by atoms with Crippen LogP contribution in [0.15, 0.2) is 35.4 Å². The zero-order chi connectivity index (χ0) is 13.2. The number of H-pyrrole nitrogens is 1. The molecule has 1 aromatic heterocycles. The second-order valence-electron chi connectivity index (χ2n) is 3.60. The number of rotatable bonds is 4. The Kier molecular flexibility index (Phi) is 3.55. The van der Waals surface area contributed by atoms with Crippen molar-refractivity contribution in [3.63, 3.8) is 0 Å². The van der Waals surface area contributed by atoms with E-state index in [0.717, 1.165) is 0 Å². The van der Waals surface area contributed by atoms with Crippen LogP contribution in [-0.4, -0.2) is 18.6 Å². The molecule has 96 valence electrons. The molecule has 6 nitrogen and oxygen atoms in total. The molecule has 0 spiro atoms. The van der Waals surface area contributed by atoms with Gasteiger partial charge in [-0.15, -0.1) is 0 Å². The summed E-state index contributed by atoms with van der Waals surface area (Å²) in [6.45, 7) is 0.105.